The van der Waals surface area contributed by atoms with Crippen molar-refractivity contribution in [1.82, 2.24) is 10.2 Å². The molecule has 2 aromatic heterocycles. The summed E-state index contributed by atoms with van der Waals surface area (Å²) in [6.07, 6.45) is 0. The molecule has 0 aliphatic carbocycles. The largest absolute Gasteiger partial charge is 0.420 e. The second-order valence-electron chi connectivity index (χ2n) is 5.05. The number of benzene rings is 1. The highest BCUT2D eigenvalue weighted by atomic mass is 32.2. The van der Waals surface area contributed by atoms with Gasteiger partial charge in [0.05, 0.1) is 10.6 Å². The van der Waals surface area contributed by atoms with E-state index in [-0.39, 0.29) is 4.21 Å². The van der Waals surface area contributed by atoms with Gasteiger partial charge in [-0.3, -0.25) is 4.31 Å². The summed E-state index contributed by atoms with van der Waals surface area (Å²) in [5, 5.41) is 7.66. The monoisotopic (exact) mass is 349 g/mol. The Labute approximate surface area is 138 Å². The van der Waals surface area contributed by atoms with Crippen LogP contribution < -0.4 is 4.31 Å². The van der Waals surface area contributed by atoms with Crippen LogP contribution in [0, 0.1) is 13.8 Å². The maximum Gasteiger partial charge on any atom is 0.273 e. The second-order valence-corrected chi connectivity index (χ2v) is 8.33. The molecule has 0 fully saturated rings. The van der Waals surface area contributed by atoms with E-state index in [1.54, 1.807) is 31.2 Å². The van der Waals surface area contributed by atoms with Gasteiger partial charge in [-0.25, -0.2) is 8.42 Å². The van der Waals surface area contributed by atoms with Crippen LogP contribution in [-0.4, -0.2) is 25.7 Å². The van der Waals surface area contributed by atoms with Gasteiger partial charge in [-0.2, -0.15) is 0 Å². The molecule has 0 radical (unpaired) electrons. The maximum absolute atomic E-state index is 12.7. The third-order valence-electron chi connectivity index (χ3n) is 3.33. The molecule has 0 saturated carbocycles. The number of thiophene rings is 1. The van der Waals surface area contributed by atoms with Crippen molar-refractivity contribution in [3.8, 4) is 10.8 Å². The van der Waals surface area contributed by atoms with Crippen LogP contribution in [0.5, 0.6) is 0 Å². The number of hydrogen-bond donors (Lipinski definition) is 0. The standard InChI is InChI=1S/C15H15N3O3S2/c1-10-4-6-12(7-5-10)18(3)23(19,20)14-9-8-13(22-14)15-17-16-11(2)21-15/h4-9H,1-3H3. The van der Waals surface area contributed by atoms with Crippen molar-refractivity contribution in [2.75, 3.05) is 11.4 Å². The fourth-order valence-corrected chi connectivity index (χ4v) is 4.59. The van der Waals surface area contributed by atoms with Gasteiger partial charge in [0.2, 0.25) is 5.89 Å². The quantitative estimate of drug-likeness (QED) is 0.723. The topological polar surface area (TPSA) is 76.3 Å². The van der Waals surface area contributed by atoms with Gasteiger partial charge in [-0.1, -0.05) is 17.7 Å². The average molecular weight is 349 g/mol. The number of anilines is 1. The van der Waals surface area contributed by atoms with Gasteiger partial charge >= 0.3 is 0 Å². The van der Waals surface area contributed by atoms with Gasteiger partial charge < -0.3 is 4.42 Å². The Morgan fingerprint density at radius 2 is 1.74 bits per heavy atom. The van der Waals surface area contributed by atoms with Crippen LogP contribution in [0.3, 0.4) is 0 Å². The molecule has 0 N–H and O–H groups in total. The lowest BCUT2D eigenvalue weighted by molar-refractivity contribution is 0.534. The molecule has 0 aliphatic heterocycles. The summed E-state index contributed by atoms with van der Waals surface area (Å²) in [7, 11) is -2.09. The van der Waals surface area contributed by atoms with Crippen molar-refractivity contribution < 1.29 is 12.8 Å². The smallest absolute Gasteiger partial charge is 0.273 e. The highest BCUT2D eigenvalue weighted by molar-refractivity contribution is 7.94. The van der Waals surface area contributed by atoms with Crippen LogP contribution in [-0.2, 0) is 10.0 Å². The molecule has 3 aromatic rings. The molecule has 0 bridgehead atoms. The van der Waals surface area contributed by atoms with Crippen LogP contribution in [0.25, 0.3) is 10.8 Å². The minimum absolute atomic E-state index is 0.228. The van der Waals surface area contributed by atoms with E-state index in [9.17, 15) is 8.42 Å². The van der Waals surface area contributed by atoms with Crippen molar-refractivity contribution in [1.29, 1.82) is 0 Å². The predicted octanol–water partition coefficient (Wildman–Crippen LogP) is 3.24. The van der Waals surface area contributed by atoms with Crippen molar-refractivity contribution in [2.45, 2.75) is 18.1 Å². The van der Waals surface area contributed by atoms with Crippen LogP contribution >= 0.6 is 11.3 Å². The van der Waals surface area contributed by atoms with Gasteiger partial charge in [0.1, 0.15) is 4.21 Å². The normalized spacial score (nSPS) is 11.6. The van der Waals surface area contributed by atoms with E-state index in [1.165, 1.54) is 11.4 Å². The molecule has 0 unspecified atom stereocenters. The van der Waals surface area contributed by atoms with E-state index in [2.05, 4.69) is 10.2 Å². The Kier molecular flexibility index (Phi) is 3.95. The SMILES string of the molecule is Cc1ccc(N(C)S(=O)(=O)c2ccc(-c3nnc(C)o3)s2)cc1. The molecular formula is C15H15N3O3S2. The first-order valence-corrected chi connectivity index (χ1v) is 9.09. The number of aromatic nitrogens is 2. The molecular weight excluding hydrogens is 334 g/mol. The first kappa shape index (κ1) is 15.7. The lowest BCUT2D eigenvalue weighted by atomic mass is 10.2. The summed E-state index contributed by atoms with van der Waals surface area (Å²) in [5.41, 5.74) is 1.68. The first-order chi connectivity index (χ1) is 10.9. The highest BCUT2D eigenvalue weighted by Crippen LogP contribution is 2.32. The first-order valence-electron chi connectivity index (χ1n) is 6.84. The number of sulfonamides is 1. The fraction of sp³-hybridized carbons (Fsp3) is 0.200. The molecule has 1 aromatic carbocycles. The number of rotatable bonds is 4. The van der Waals surface area contributed by atoms with E-state index < -0.39 is 10.0 Å². The second kappa shape index (κ2) is 5.78. The van der Waals surface area contributed by atoms with Crippen molar-refractivity contribution in [3.05, 3.63) is 47.9 Å². The van der Waals surface area contributed by atoms with E-state index in [0.717, 1.165) is 16.9 Å². The van der Waals surface area contributed by atoms with Gasteiger partial charge in [0, 0.05) is 14.0 Å². The molecule has 0 atom stereocenters. The zero-order chi connectivity index (χ0) is 16.6. The highest BCUT2D eigenvalue weighted by Gasteiger charge is 2.24. The minimum atomic E-state index is -3.62. The Hall–Kier alpha value is -2.19. The van der Waals surface area contributed by atoms with E-state index >= 15 is 0 Å². The molecule has 23 heavy (non-hydrogen) atoms. The molecule has 0 amide bonds. The van der Waals surface area contributed by atoms with Crippen molar-refractivity contribution >= 4 is 27.0 Å². The van der Waals surface area contributed by atoms with Crippen LogP contribution in [0.15, 0.2) is 45.0 Å². The molecule has 0 saturated heterocycles. The molecule has 8 heteroatoms. The molecule has 0 spiro atoms. The summed E-state index contributed by atoms with van der Waals surface area (Å²) in [5.74, 6) is 0.765. The Balaban J connectivity index is 1.93. The van der Waals surface area contributed by atoms with Crippen molar-refractivity contribution in [2.24, 2.45) is 0 Å². The fourth-order valence-electron chi connectivity index (χ4n) is 2.00. The van der Waals surface area contributed by atoms with Gasteiger partial charge in [0.15, 0.2) is 0 Å². The summed E-state index contributed by atoms with van der Waals surface area (Å²) in [6, 6.07) is 10.5. The van der Waals surface area contributed by atoms with Crippen LogP contribution in [0.2, 0.25) is 0 Å². The van der Waals surface area contributed by atoms with Gasteiger partial charge in [-0.15, -0.1) is 21.5 Å². The molecule has 3 rings (SSSR count). The Bertz CT molecular complexity index is 927. The average Bonchev–Trinajstić information content (AvgIpc) is 3.16. The van der Waals surface area contributed by atoms with Crippen LogP contribution in [0.1, 0.15) is 11.5 Å². The summed E-state index contributed by atoms with van der Waals surface area (Å²) >= 11 is 1.11. The zero-order valence-electron chi connectivity index (χ0n) is 12.8. The van der Waals surface area contributed by atoms with Gasteiger partial charge in [0.25, 0.3) is 15.9 Å². The van der Waals surface area contributed by atoms with Crippen LogP contribution in [0.4, 0.5) is 5.69 Å². The van der Waals surface area contributed by atoms with E-state index in [4.69, 9.17) is 4.42 Å². The lowest BCUT2D eigenvalue weighted by Crippen LogP contribution is -2.25. The van der Waals surface area contributed by atoms with Gasteiger partial charge in [-0.05, 0) is 31.2 Å². The van der Waals surface area contributed by atoms with Crippen molar-refractivity contribution in [3.63, 3.8) is 0 Å². The number of aryl methyl sites for hydroxylation is 2. The van der Waals surface area contributed by atoms with E-state index in [0.29, 0.717) is 22.3 Å². The number of nitrogens with zero attached hydrogens (tertiary/aromatic N) is 3. The Morgan fingerprint density at radius 1 is 1.04 bits per heavy atom. The third kappa shape index (κ3) is 2.99. The molecule has 0 aliphatic rings. The molecule has 120 valence electrons. The lowest BCUT2D eigenvalue weighted by Gasteiger charge is -2.18. The zero-order valence-corrected chi connectivity index (χ0v) is 14.5. The maximum atomic E-state index is 12.7. The predicted molar refractivity (Wildman–Crippen MR) is 89.1 cm³/mol. The summed E-state index contributed by atoms with van der Waals surface area (Å²) < 4.78 is 32.3. The number of hydrogen-bond acceptors (Lipinski definition) is 6. The summed E-state index contributed by atoms with van der Waals surface area (Å²) in [4.78, 5) is 0.626. The molecule has 2 heterocycles. The molecule has 6 nitrogen and oxygen atoms in total. The minimum Gasteiger partial charge on any atom is -0.420 e. The van der Waals surface area contributed by atoms with E-state index in [1.807, 2.05) is 19.1 Å². The summed E-state index contributed by atoms with van der Waals surface area (Å²) in [6.45, 7) is 3.64. The Morgan fingerprint density at radius 3 is 2.35 bits per heavy atom. The third-order valence-corrected chi connectivity index (χ3v) is 6.66.